The molecule has 0 bridgehead atoms. The van der Waals surface area contributed by atoms with Crippen LogP contribution < -0.4 is 0 Å². The van der Waals surface area contributed by atoms with Crippen LogP contribution in [0.15, 0.2) is 72.8 Å². The maximum absolute atomic E-state index is 12.4. The summed E-state index contributed by atoms with van der Waals surface area (Å²) < 4.78 is 10.9. The number of hydrogen-bond acceptors (Lipinski definition) is 5. The minimum Gasteiger partial charge on any atom is -0.450 e. The topological polar surface area (TPSA) is 69.7 Å². The number of Topliss-reactive ketones (excluding diaryl/α,β-unsaturated/α-hetero) is 1. The zero-order valence-corrected chi connectivity index (χ0v) is 14.0. The molecule has 0 amide bonds. The van der Waals surface area contributed by atoms with Crippen molar-refractivity contribution in [1.29, 1.82) is 0 Å². The Kier molecular flexibility index (Phi) is 5.59. The fourth-order valence-electron chi connectivity index (χ4n) is 2.64. The van der Waals surface area contributed by atoms with E-state index in [9.17, 15) is 14.4 Å². The van der Waals surface area contributed by atoms with Gasteiger partial charge in [0.2, 0.25) is 6.10 Å². The van der Waals surface area contributed by atoms with Crippen LogP contribution in [-0.4, -0.2) is 29.9 Å². The monoisotopic (exact) mass is 350 g/mol. The Morgan fingerprint density at radius 1 is 0.808 bits per heavy atom. The smallest absolute Gasteiger partial charge is 0.338 e. The summed E-state index contributed by atoms with van der Waals surface area (Å²) in [5.41, 5.74) is 0.701. The highest BCUT2D eigenvalue weighted by Gasteiger charge is 2.34. The van der Waals surface area contributed by atoms with Gasteiger partial charge in [-0.1, -0.05) is 42.5 Å². The van der Waals surface area contributed by atoms with E-state index in [0.717, 1.165) is 0 Å². The Bertz CT molecular complexity index is 811. The first kappa shape index (κ1) is 17.6. The van der Waals surface area contributed by atoms with E-state index in [1.54, 1.807) is 72.8 Å². The lowest BCUT2D eigenvalue weighted by atomic mass is 10.1. The zero-order valence-electron chi connectivity index (χ0n) is 14.0. The number of esters is 2. The molecule has 0 unspecified atom stereocenters. The van der Waals surface area contributed by atoms with Crippen LogP contribution in [0.5, 0.6) is 0 Å². The highest BCUT2D eigenvalue weighted by molar-refractivity contribution is 5.94. The lowest BCUT2D eigenvalue weighted by Gasteiger charge is -2.22. The largest absolute Gasteiger partial charge is 0.450 e. The van der Waals surface area contributed by atoms with Crippen molar-refractivity contribution < 1.29 is 23.9 Å². The average Bonchev–Trinajstić information content (AvgIpc) is 2.85. The molecule has 0 aromatic heterocycles. The predicted octanol–water partition coefficient (Wildman–Crippen LogP) is 3.36. The standard InChI is InChI=1S/C21H18O5/c22-17-13-7-8-14-18(25-20(23)15-9-3-1-4-10-15)19(17)26-21(24)16-11-5-2-6-12-16/h1-6,8-12,14,18-19H,7,13H2/t18-,19-/m1/s1. The van der Waals surface area contributed by atoms with Crippen LogP contribution in [0.4, 0.5) is 0 Å². The van der Waals surface area contributed by atoms with E-state index in [2.05, 4.69) is 0 Å². The first-order valence-electron chi connectivity index (χ1n) is 8.36. The van der Waals surface area contributed by atoms with E-state index in [1.165, 1.54) is 0 Å². The summed E-state index contributed by atoms with van der Waals surface area (Å²) in [4.78, 5) is 37.1. The summed E-state index contributed by atoms with van der Waals surface area (Å²) in [6, 6.07) is 16.9. The molecule has 0 N–H and O–H groups in total. The first-order chi connectivity index (χ1) is 12.6. The quantitative estimate of drug-likeness (QED) is 0.625. The van der Waals surface area contributed by atoms with Gasteiger partial charge in [0.1, 0.15) is 0 Å². The molecule has 3 rings (SSSR count). The highest BCUT2D eigenvalue weighted by atomic mass is 16.6. The third-order valence-electron chi connectivity index (χ3n) is 4.00. The van der Waals surface area contributed by atoms with Gasteiger partial charge in [0.05, 0.1) is 11.1 Å². The van der Waals surface area contributed by atoms with Crippen LogP contribution >= 0.6 is 0 Å². The molecule has 0 spiro atoms. The number of ether oxygens (including phenoxy) is 2. The van der Waals surface area contributed by atoms with E-state index in [-0.39, 0.29) is 12.2 Å². The molecule has 2 atom stereocenters. The molecular weight excluding hydrogens is 332 g/mol. The zero-order chi connectivity index (χ0) is 18.4. The summed E-state index contributed by atoms with van der Waals surface area (Å²) in [5.74, 6) is -1.47. The molecule has 2 aromatic carbocycles. The molecule has 0 saturated carbocycles. The van der Waals surface area contributed by atoms with Gasteiger partial charge in [-0.05, 0) is 36.8 Å². The SMILES string of the molecule is O=C(O[C@@H]1C(=O)CCC=C[C@H]1OC(=O)c1ccccc1)c1ccccc1. The summed E-state index contributed by atoms with van der Waals surface area (Å²) in [6.45, 7) is 0. The number of ketones is 1. The van der Waals surface area contributed by atoms with E-state index in [0.29, 0.717) is 17.5 Å². The molecule has 132 valence electrons. The molecular formula is C21H18O5. The second-order valence-corrected chi connectivity index (χ2v) is 5.86. The molecule has 26 heavy (non-hydrogen) atoms. The first-order valence-corrected chi connectivity index (χ1v) is 8.36. The van der Waals surface area contributed by atoms with Gasteiger partial charge in [0, 0.05) is 6.42 Å². The van der Waals surface area contributed by atoms with Gasteiger partial charge >= 0.3 is 11.9 Å². The molecule has 2 aromatic rings. The fraction of sp³-hybridized carbons (Fsp3) is 0.190. The van der Waals surface area contributed by atoms with Crippen molar-refractivity contribution in [3.63, 3.8) is 0 Å². The van der Waals surface area contributed by atoms with Crippen molar-refractivity contribution in [2.75, 3.05) is 0 Å². The van der Waals surface area contributed by atoms with E-state index >= 15 is 0 Å². The van der Waals surface area contributed by atoms with Gasteiger partial charge in [-0.3, -0.25) is 4.79 Å². The molecule has 0 heterocycles. The summed E-state index contributed by atoms with van der Waals surface area (Å²) in [5, 5.41) is 0. The molecule has 5 heteroatoms. The normalized spacial score (nSPS) is 19.5. The Hall–Kier alpha value is -3.21. The van der Waals surface area contributed by atoms with Crippen molar-refractivity contribution in [1.82, 2.24) is 0 Å². The van der Waals surface area contributed by atoms with Crippen molar-refractivity contribution in [2.45, 2.75) is 25.0 Å². The summed E-state index contributed by atoms with van der Waals surface area (Å²) in [6.07, 6.45) is 1.99. The second-order valence-electron chi connectivity index (χ2n) is 5.86. The van der Waals surface area contributed by atoms with Crippen LogP contribution in [0, 0.1) is 0 Å². The molecule has 0 saturated heterocycles. The third-order valence-corrected chi connectivity index (χ3v) is 4.00. The number of benzene rings is 2. The van der Waals surface area contributed by atoms with Gasteiger partial charge in [0.15, 0.2) is 11.9 Å². The van der Waals surface area contributed by atoms with Crippen LogP contribution in [0.3, 0.4) is 0 Å². The number of allylic oxidation sites excluding steroid dienone is 1. The summed E-state index contributed by atoms with van der Waals surface area (Å²) >= 11 is 0. The van der Waals surface area contributed by atoms with Gasteiger partial charge in [-0.2, -0.15) is 0 Å². The third kappa shape index (κ3) is 4.25. The van der Waals surface area contributed by atoms with Gasteiger partial charge in [-0.25, -0.2) is 9.59 Å². The van der Waals surface area contributed by atoms with Crippen molar-refractivity contribution in [2.24, 2.45) is 0 Å². The maximum Gasteiger partial charge on any atom is 0.338 e. The van der Waals surface area contributed by atoms with Gasteiger partial charge < -0.3 is 9.47 Å². The van der Waals surface area contributed by atoms with E-state index in [4.69, 9.17) is 9.47 Å². The van der Waals surface area contributed by atoms with Crippen molar-refractivity contribution >= 4 is 17.7 Å². The maximum atomic E-state index is 12.4. The molecule has 0 fully saturated rings. The number of carbonyl (C=O) groups is 3. The average molecular weight is 350 g/mol. The molecule has 1 aliphatic carbocycles. The van der Waals surface area contributed by atoms with Crippen molar-refractivity contribution in [3.05, 3.63) is 83.9 Å². The van der Waals surface area contributed by atoms with E-state index < -0.39 is 24.1 Å². The molecule has 5 nitrogen and oxygen atoms in total. The van der Waals surface area contributed by atoms with Crippen LogP contribution in [0.25, 0.3) is 0 Å². The minimum atomic E-state index is -1.16. The molecule has 1 aliphatic rings. The van der Waals surface area contributed by atoms with Crippen LogP contribution in [0.1, 0.15) is 33.6 Å². The summed E-state index contributed by atoms with van der Waals surface area (Å²) in [7, 11) is 0. The van der Waals surface area contributed by atoms with Crippen LogP contribution in [-0.2, 0) is 14.3 Å². The van der Waals surface area contributed by atoms with Gasteiger partial charge in [-0.15, -0.1) is 0 Å². The number of rotatable bonds is 4. The Morgan fingerprint density at radius 3 is 1.92 bits per heavy atom. The van der Waals surface area contributed by atoms with E-state index in [1.807, 2.05) is 0 Å². The Balaban J connectivity index is 1.77. The number of hydrogen-bond donors (Lipinski definition) is 0. The fourth-order valence-corrected chi connectivity index (χ4v) is 2.64. The Morgan fingerprint density at radius 2 is 1.35 bits per heavy atom. The molecule has 0 aliphatic heterocycles. The lowest BCUT2D eigenvalue weighted by molar-refractivity contribution is -0.131. The predicted molar refractivity (Wildman–Crippen MR) is 94.7 cm³/mol. The van der Waals surface area contributed by atoms with Gasteiger partial charge in [0.25, 0.3) is 0 Å². The van der Waals surface area contributed by atoms with Crippen LogP contribution in [0.2, 0.25) is 0 Å². The Labute approximate surface area is 151 Å². The minimum absolute atomic E-state index is 0.225. The lowest BCUT2D eigenvalue weighted by Crippen LogP contribution is -2.39. The number of carbonyl (C=O) groups excluding carboxylic acids is 3. The highest BCUT2D eigenvalue weighted by Crippen LogP contribution is 2.19. The molecule has 0 radical (unpaired) electrons. The second kappa shape index (κ2) is 8.25. The van der Waals surface area contributed by atoms with Crippen molar-refractivity contribution in [3.8, 4) is 0 Å².